The smallest absolute Gasteiger partial charge is 0.129 e. The van der Waals surface area contributed by atoms with E-state index in [-0.39, 0.29) is 11.7 Å². The summed E-state index contributed by atoms with van der Waals surface area (Å²) < 4.78 is 14.6. The maximum Gasteiger partial charge on any atom is 0.129 e. The highest BCUT2D eigenvalue weighted by molar-refractivity contribution is 5.34. The number of H-pyrrole nitrogens is 1. The van der Waals surface area contributed by atoms with E-state index in [9.17, 15) is 4.39 Å². The highest BCUT2D eigenvalue weighted by Gasteiger charge is 2.21. The Bertz CT molecular complexity index is 768. The molecule has 0 spiro atoms. The third-order valence-electron chi connectivity index (χ3n) is 3.74. The minimum atomic E-state index is -0.173. The predicted molar refractivity (Wildman–Crippen MR) is 82.0 cm³/mol. The van der Waals surface area contributed by atoms with Gasteiger partial charge in [-0.2, -0.15) is 0 Å². The van der Waals surface area contributed by atoms with Crippen LogP contribution in [0, 0.1) is 19.7 Å². The van der Waals surface area contributed by atoms with Gasteiger partial charge in [-0.1, -0.05) is 18.2 Å². The molecular formula is C17H17FN4. The van der Waals surface area contributed by atoms with Crippen molar-refractivity contribution in [3.8, 4) is 0 Å². The molecule has 112 valence electrons. The fourth-order valence-corrected chi connectivity index (χ4v) is 2.61. The van der Waals surface area contributed by atoms with Gasteiger partial charge in [0.15, 0.2) is 0 Å². The molecule has 0 radical (unpaired) electrons. The van der Waals surface area contributed by atoms with Crippen molar-refractivity contribution in [2.75, 3.05) is 0 Å². The first kappa shape index (κ1) is 14.4. The summed E-state index contributed by atoms with van der Waals surface area (Å²) in [5, 5.41) is 0. The molecule has 0 bridgehead atoms. The zero-order chi connectivity index (χ0) is 15.5. The molecule has 2 heterocycles. The lowest BCUT2D eigenvalue weighted by Gasteiger charge is -2.17. The molecule has 1 aromatic carbocycles. The molecule has 1 N–H and O–H groups in total. The van der Waals surface area contributed by atoms with Gasteiger partial charge in [-0.25, -0.2) is 19.3 Å². The molecule has 0 fully saturated rings. The van der Waals surface area contributed by atoms with Gasteiger partial charge in [-0.05, 0) is 31.0 Å². The molecule has 5 heteroatoms. The Balaban J connectivity index is 2.03. The molecule has 0 aliphatic rings. The summed E-state index contributed by atoms with van der Waals surface area (Å²) in [7, 11) is 0. The minimum Gasteiger partial charge on any atom is -0.348 e. The van der Waals surface area contributed by atoms with E-state index in [1.165, 1.54) is 0 Å². The van der Waals surface area contributed by atoms with E-state index in [4.69, 9.17) is 0 Å². The second-order valence-corrected chi connectivity index (χ2v) is 5.34. The van der Waals surface area contributed by atoms with Crippen LogP contribution in [0.1, 0.15) is 34.3 Å². The molecule has 4 nitrogen and oxygen atoms in total. The molecule has 0 saturated heterocycles. The van der Waals surface area contributed by atoms with E-state index in [2.05, 4.69) is 19.9 Å². The van der Waals surface area contributed by atoms with Gasteiger partial charge in [0, 0.05) is 36.1 Å². The molecule has 0 aliphatic heterocycles. The molecule has 22 heavy (non-hydrogen) atoms. The van der Waals surface area contributed by atoms with E-state index >= 15 is 0 Å². The lowest BCUT2D eigenvalue weighted by molar-refractivity contribution is 0.582. The zero-order valence-corrected chi connectivity index (χ0v) is 12.5. The number of benzene rings is 1. The Morgan fingerprint density at radius 2 is 2.09 bits per heavy atom. The van der Waals surface area contributed by atoms with Gasteiger partial charge in [0.25, 0.3) is 0 Å². The maximum absolute atomic E-state index is 14.6. The van der Waals surface area contributed by atoms with Crippen LogP contribution in [0.5, 0.6) is 0 Å². The van der Waals surface area contributed by atoms with Crippen molar-refractivity contribution < 1.29 is 4.39 Å². The Morgan fingerprint density at radius 1 is 1.23 bits per heavy atom. The lowest BCUT2D eigenvalue weighted by Crippen LogP contribution is -2.10. The van der Waals surface area contributed by atoms with Crippen LogP contribution < -0.4 is 0 Å². The van der Waals surface area contributed by atoms with E-state index in [0.717, 1.165) is 11.4 Å². The Hall–Kier alpha value is -2.56. The predicted octanol–water partition coefficient (Wildman–Crippen LogP) is 3.33. The van der Waals surface area contributed by atoms with Gasteiger partial charge in [-0.3, -0.25) is 0 Å². The van der Waals surface area contributed by atoms with Crippen LogP contribution >= 0.6 is 0 Å². The molecule has 3 aromatic rings. The molecule has 1 atom stereocenters. The maximum atomic E-state index is 14.6. The lowest BCUT2D eigenvalue weighted by atomic mass is 9.90. The van der Waals surface area contributed by atoms with Crippen LogP contribution in [-0.4, -0.2) is 19.9 Å². The number of imidazole rings is 1. The average Bonchev–Trinajstić information content (AvgIpc) is 3.02. The third-order valence-corrected chi connectivity index (χ3v) is 3.74. The number of hydrogen-bond acceptors (Lipinski definition) is 3. The molecule has 2 aromatic heterocycles. The molecule has 0 aliphatic carbocycles. The Kier molecular flexibility index (Phi) is 3.96. The van der Waals surface area contributed by atoms with Crippen LogP contribution in [0.4, 0.5) is 4.39 Å². The summed E-state index contributed by atoms with van der Waals surface area (Å²) in [6.07, 6.45) is 5.67. The summed E-state index contributed by atoms with van der Waals surface area (Å²) in [6.45, 7) is 3.62. The third kappa shape index (κ3) is 2.88. The largest absolute Gasteiger partial charge is 0.348 e. The van der Waals surface area contributed by atoms with E-state index in [1.807, 2.05) is 25.1 Å². The van der Waals surface area contributed by atoms with Gasteiger partial charge in [0.2, 0.25) is 0 Å². The number of aromatic nitrogens is 4. The minimum absolute atomic E-state index is 0.156. The number of hydrogen-bond donors (Lipinski definition) is 1. The van der Waals surface area contributed by atoms with Crippen molar-refractivity contribution in [3.63, 3.8) is 0 Å². The molecule has 0 unspecified atom stereocenters. The van der Waals surface area contributed by atoms with Crippen molar-refractivity contribution in [1.29, 1.82) is 0 Å². The van der Waals surface area contributed by atoms with Crippen LogP contribution in [0.3, 0.4) is 0 Å². The highest BCUT2D eigenvalue weighted by atomic mass is 19.1. The van der Waals surface area contributed by atoms with Crippen molar-refractivity contribution in [2.45, 2.75) is 26.2 Å². The van der Waals surface area contributed by atoms with Crippen molar-refractivity contribution in [3.05, 3.63) is 77.1 Å². The van der Waals surface area contributed by atoms with Crippen molar-refractivity contribution in [1.82, 2.24) is 19.9 Å². The molecule has 0 saturated carbocycles. The van der Waals surface area contributed by atoms with Gasteiger partial charge in [0.1, 0.15) is 11.6 Å². The van der Waals surface area contributed by atoms with Gasteiger partial charge >= 0.3 is 0 Å². The fraction of sp³-hybridized carbons (Fsp3) is 0.235. The Morgan fingerprint density at radius 3 is 2.82 bits per heavy atom. The standard InChI is InChI=1S/C17H17FN4/c1-11-4-3-5-14(17(11)18)15(16-9-19-10-21-16)8-13-6-7-20-12(2)22-13/h3-7,9-10,15H,8H2,1-2H3,(H,19,21)/t15-/m1/s1. The first-order chi connectivity index (χ1) is 10.6. The summed E-state index contributed by atoms with van der Waals surface area (Å²) in [5.41, 5.74) is 3.05. The number of halogens is 1. The molecular weight excluding hydrogens is 279 g/mol. The van der Waals surface area contributed by atoms with Crippen molar-refractivity contribution in [2.24, 2.45) is 0 Å². The Labute approximate surface area is 128 Å². The fourth-order valence-electron chi connectivity index (χ4n) is 2.61. The number of aryl methyl sites for hydroxylation is 2. The molecule has 3 rings (SSSR count). The topological polar surface area (TPSA) is 54.5 Å². The highest BCUT2D eigenvalue weighted by Crippen LogP contribution is 2.29. The summed E-state index contributed by atoms with van der Waals surface area (Å²) in [5.74, 6) is 0.384. The van der Waals surface area contributed by atoms with Crippen LogP contribution in [0.25, 0.3) is 0 Å². The van der Waals surface area contributed by atoms with Gasteiger partial charge < -0.3 is 4.98 Å². The first-order valence-electron chi connectivity index (χ1n) is 7.17. The quantitative estimate of drug-likeness (QED) is 0.803. The first-order valence-corrected chi connectivity index (χ1v) is 7.17. The zero-order valence-electron chi connectivity index (χ0n) is 12.5. The second kappa shape index (κ2) is 6.05. The van der Waals surface area contributed by atoms with Crippen LogP contribution in [0.2, 0.25) is 0 Å². The van der Waals surface area contributed by atoms with E-state index in [1.54, 1.807) is 31.7 Å². The normalized spacial score (nSPS) is 12.3. The van der Waals surface area contributed by atoms with E-state index in [0.29, 0.717) is 23.4 Å². The summed E-state index contributed by atoms with van der Waals surface area (Å²) >= 11 is 0. The second-order valence-electron chi connectivity index (χ2n) is 5.34. The number of nitrogens with one attached hydrogen (secondary N) is 1. The summed E-state index contributed by atoms with van der Waals surface area (Å²) in [4.78, 5) is 15.7. The number of nitrogens with zero attached hydrogens (tertiary/aromatic N) is 3. The summed E-state index contributed by atoms with van der Waals surface area (Å²) in [6, 6.07) is 7.34. The SMILES string of the molecule is Cc1nccc(C[C@@H](c2cnc[nH]2)c2cccc(C)c2F)n1. The van der Waals surface area contributed by atoms with E-state index < -0.39 is 0 Å². The number of rotatable bonds is 4. The van der Waals surface area contributed by atoms with Crippen molar-refractivity contribution >= 4 is 0 Å². The average molecular weight is 296 g/mol. The monoisotopic (exact) mass is 296 g/mol. The number of aromatic amines is 1. The molecule has 0 amide bonds. The van der Waals surface area contributed by atoms with Gasteiger partial charge in [-0.15, -0.1) is 0 Å². The van der Waals surface area contributed by atoms with Crippen LogP contribution in [-0.2, 0) is 6.42 Å². The van der Waals surface area contributed by atoms with Gasteiger partial charge in [0.05, 0.1) is 6.33 Å². The van der Waals surface area contributed by atoms with Crippen LogP contribution in [0.15, 0.2) is 43.0 Å².